The number of H-pyrrole nitrogens is 1. The summed E-state index contributed by atoms with van der Waals surface area (Å²) in [5, 5.41) is 28.9. The Morgan fingerprint density at radius 1 is 1.53 bits per heavy atom. The smallest absolute Gasteiger partial charge is 0.330 e. The lowest BCUT2D eigenvalue weighted by atomic mass is 10.1. The van der Waals surface area contributed by atoms with E-state index in [1.165, 1.54) is 7.11 Å². The number of nitrogens with one attached hydrogen (secondary N) is 1. The van der Waals surface area contributed by atoms with Gasteiger partial charge in [-0.2, -0.15) is 0 Å². The van der Waals surface area contributed by atoms with Gasteiger partial charge in [-0.15, -0.1) is 0 Å². The lowest BCUT2D eigenvalue weighted by Gasteiger charge is -2.27. The van der Waals surface area contributed by atoms with E-state index in [0.717, 1.165) is 16.8 Å². The second-order valence-electron chi connectivity index (χ2n) is 4.14. The molecule has 2 rings (SSSR count). The molecule has 0 amide bonds. The summed E-state index contributed by atoms with van der Waals surface area (Å²) in [6.07, 6.45) is -3.22. The summed E-state index contributed by atoms with van der Waals surface area (Å²) < 4.78 is 11.0. The first kappa shape index (κ1) is 13.9. The van der Waals surface area contributed by atoms with E-state index in [2.05, 4.69) is 0 Å². The minimum atomic E-state index is -1.82. The van der Waals surface area contributed by atoms with Gasteiger partial charge in [0, 0.05) is 19.4 Å². The molecule has 0 radical (unpaired) electrons. The number of nitrogens with zero attached hydrogens (tertiary/aromatic N) is 1. The van der Waals surface area contributed by atoms with E-state index in [-0.39, 0.29) is 0 Å². The van der Waals surface area contributed by atoms with E-state index in [0.29, 0.717) is 0 Å². The van der Waals surface area contributed by atoms with Crippen molar-refractivity contribution in [3.63, 3.8) is 0 Å². The third kappa shape index (κ3) is 2.11. The number of aromatic amines is 1. The predicted octanol–water partition coefficient (Wildman–Crippen LogP) is -2.88. The standard InChI is InChI=1S/C10H14N2O7/c1-18-10(4-13)7(16)6(15)8(19-10)12-3-2-5(14)11-9(12)17/h2-3,6-8,13,15-16H,4H2,1H3,(H,11,14,17)/t6-,7+,8-,10-/m1/s1. The highest BCUT2D eigenvalue weighted by molar-refractivity contribution is 4.97. The van der Waals surface area contributed by atoms with E-state index in [9.17, 15) is 24.9 Å². The molecule has 9 heteroatoms. The quantitative estimate of drug-likeness (QED) is 0.465. The number of rotatable bonds is 3. The van der Waals surface area contributed by atoms with Gasteiger partial charge in [0.05, 0.1) is 0 Å². The Morgan fingerprint density at radius 3 is 2.68 bits per heavy atom. The van der Waals surface area contributed by atoms with Crippen molar-refractivity contribution in [2.75, 3.05) is 13.7 Å². The fraction of sp³-hybridized carbons (Fsp3) is 0.600. The lowest BCUT2D eigenvalue weighted by molar-refractivity contribution is -0.269. The first-order chi connectivity index (χ1) is 8.95. The van der Waals surface area contributed by atoms with Gasteiger partial charge in [0.25, 0.3) is 5.56 Å². The van der Waals surface area contributed by atoms with Gasteiger partial charge in [0.2, 0.25) is 5.79 Å². The zero-order valence-electron chi connectivity index (χ0n) is 10.0. The number of methoxy groups -OCH3 is 1. The highest BCUT2D eigenvalue weighted by Crippen LogP contribution is 2.36. The van der Waals surface area contributed by atoms with Gasteiger partial charge in [0.15, 0.2) is 6.23 Å². The molecule has 0 unspecified atom stereocenters. The molecule has 1 aliphatic heterocycles. The summed E-state index contributed by atoms with van der Waals surface area (Å²) in [5.74, 6) is -1.82. The Balaban J connectivity index is 2.42. The number of hydrogen-bond donors (Lipinski definition) is 4. The topological polar surface area (TPSA) is 134 Å². The Kier molecular flexibility index (Phi) is 3.56. The van der Waals surface area contributed by atoms with E-state index >= 15 is 0 Å². The maximum absolute atomic E-state index is 11.6. The zero-order valence-corrected chi connectivity index (χ0v) is 10.0. The van der Waals surface area contributed by atoms with Crippen LogP contribution in [0.1, 0.15) is 6.23 Å². The Bertz CT molecular complexity index is 561. The summed E-state index contributed by atoms with van der Waals surface area (Å²) in [6, 6.07) is 1.07. The van der Waals surface area contributed by atoms with Gasteiger partial charge in [0.1, 0.15) is 18.8 Å². The van der Waals surface area contributed by atoms with Crippen LogP contribution in [0.4, 0.5) is 0 Å². The molecule has 2 heterocycles. The maximum Gasteiger partial charge on any atom is 0.330 e. The van der Waals surface area contributed by atoms with Crippen LogP contribution in [0, 0.1) is 0 Å². The minimum absolute atomic E-state index is 0.602. The normalized spacial score (nSPS) is 34.6. The fourth-order valence-electron chi connectivity index (χ4n) is 1.97. The molecule has 1 saturated heterocycles. The Hall–Kier alpha value is -1.52. The molecule has 0 aliphatic carbocycles. The van der Waals surface area contributed by atoms with Crippen molar-refractivity contribution >= 4 is 0 Å². The summed E-state index contributed by atoms with van der Waals surface area (Å²) >= 11 is 0. The van der Waals surface area contributed by atoms with Gasteiger partial charge >= 0.3 is 5.69 Å². The van der Waals surface area contributed by atoms with Gasteiger partial charge in [-0.25, -0.2) is 4.79 Å². The third-order valence-electron chi connectivity index (χ3n) is 3.08. The average molecular weight is 274 g/mol. The molecule has 1 fully saturated rings. The summed E-state index contributed by atoms with van der Waals surface area (Å²) in [5.41, 5.74) is -1.41. The van der Waals surface area contributed by atoms with Gasteiger partial charge in [-0.3, -0.25) is 14.3 Å². The lowest BCUT2D eigenvalue weighted by Crippen LogP contribution is -2.47. The van der Waals surface area contributed by atoms with Crippen molar-refractivity contribution in [3.8, 4) is 0 Å². The number of aliphatic hydroxyl groups is 3. The largest absolute Gasteiger partial charge is 0.391 e. The summed E-state index contributed by atoms with van der Waals surface area (Å²) in [7, 11) is 1.18. The Labute approximate surface area is 106 Å². The van der Waals surface area contributed by atoms with Crippen molar-refractivity contribution in [1.82, 2.24) is 9.55 Å². The predicted molar refractivity (Wildman–Crippen MR) is 60.3 cm³/mol. The SMILES string of the molecule is CO[C@]1(CO)O[C@@H](n2ccc(=O)[nH]c2=O)[C@H](O)[C@@H]1O. The van der Waals surface area contributed by atoms with Crippen molar-refractivity contribution < 1.29 is 24.8 Å². The van der Waals surface area contributed by atoms with Crippen LogP contribution >= 0.6 is 0 Å². The van der Waals surface area contributed by atoms with Gasteiger partial charge in [-0.1, -0.05) is 0 Å². The van der Waals surface area contributed by atoms with E-state index in [1.54, 1.807) is 0 Å². The second kappa shape index (κ2) is 4.87. The average Bonchev–Trinajstić information content (AvgIpc) is 2.64. The number of hydrogen-bond acceptors (Lipinski definition) is 7. The van der Waals surface area contributed by atoms with Gasteiger partial charge < -0.3 is 24.8 Å². The number of ether oxygens (including phenoxy) is 2. The zero-order chi connectivity index (χ0) is 14.2. The molecule has 1 aliphatic rings. The van der Waals surface area contributed by atoms with Crippen molar-refractivity contribution in [3.05, 3.63) is 33.1 Å². The maximum atomic E-state index is 11.6. The summed E-state index contributed by atoms with van der Waals surface area (Å²) in [4.78, 5) is 24.5. The van der Waals surface area contributed by atoms with Crippen LogP contribution in [-0.4, -0.2) is 56.6 Å². The van der Waals surface area contributed by atoms with Crippen LogP contribution in [0.3, 0.4) is 0 Å². The van der Waals surface area contributed by atoms with Crippen LogP contribution < -0.4 is 11.2 Å². The molecule has 1 aromatic rings. The fourth-order valence-corrected chi connectivity index (χ4v) is 1.97. The molecule has 4 N–H and O–H groups in total. The van der Waals surface area contributed by atoms with Crippen molar-refractivity contribution in [1.29, 1.82) is 0 Å². The highest BCUT2D eigenvalue weighted by Gasteiger charge is 2.55. The van der Waals surface area contributed by atoms with E-state index in [4.69, 9.17) is 9.47 Å². The molecule has 106 valence electrons. The van der Waals surface area contributed by atoms with E-state index in [1.807, 2.05) is 4.98 Å². The molecule has 0 bridgehead atoms. The molecule has 9 nitrogen and oxygen atoms in total. The van der Waals surface area contributed by atoms with Crippen molar-refractivity contribution in [2.24, 2.45) is 0 Å². The molecule has 1 aromatic heterocycles. The van der Waals surface area contributed by atoms with Crippen LogP contribution in [0.2, 0.25) is 0 Å². The monoisotopic (exact) mass is 274 g/mol. The molecule has 19 heavy (non-hydrogen) atoms. The minimum Gasteiger partial charge on any atom is -0.391 e. The number of aromatic nitrogens is 2. The van der Waals surface area contributed by atoms with Crippen LogP contribution in [0.5, 0.6) is 0 Å². The van der Waals surface area contributed by atoms with Crippen LogP contribution in [-0.2, 0) is 9.47 Å². The first-order valence-electron chi connectivity index (χ1n) is 5.46. The number of aliphatic hydroxyl groups excluding tert-OH is 3. The van der Waals surface area contributed by atoms with Crippen molar-refractivity contribution in [2.45, 2.75) is 24.2 Å². The van der Waals surface area contributed by atoms with Crippen LogP contribution in [0.15, 0.2) is 21.9 Å². The molecule has 0 saturated carbocycles. The molecule has 0 spiro atoms. The van der Waals surface area contributed by atoms with E-state index < -0.39 is 42.1 Å². The molecule has 0 aromatic carbocycles. The summed E-state index contributed by atoms with van der Waals surface area (Å²) in [6.45, 7) is -0.712. The highest BCUT2D eigenvalue weighted by atomic mass is 16.7. The Morgan fingerprint density at radius 2 is 2.21 bits per heavy atom. The molecular weight excluding hydrogens is 260 g/mol. The molecule has 4 atom stereocenters. The second-order valence-corrected chi connectivity index (χ2v) is 4.14. The third-order valence-corrected chi connectivity index (χ3v) is 3.08. The van der Waals surface area contributed by atoms with Gasteiger partial charge in [-0.05, 0) is 0 Å². The molecular formula is C10H14N2O7. The first-order valence-corrected chi connectivity index (χ1v) is 5.46. The van der Waals surface area contributed by atoms with Crippen LogP contribution in [0.25, 0.3) is 0 Å².